The highest BCUT2D eigenvalue weighted by atomic mass is 32.2. The Morgan fingerprint density at radius 1 is 1.29 bits per heavy atom. The molecule has 1 unspecified atom stereocenters. The molecule has 5 heteroatoms. The van der Waals surface area contributed by atoms with Crippen LogP contribution in [0.3, 0.4) is 0 Å². The van der Waals surface area contributed by atoms with Crippen LogP contribution in [-0.4, -0.2) is 33.8 Å². The zero-order chi connectivity index (χ0) is 14.9. The summed E-state index contributed by atoms with van der Waals surface area (Å²) in [6.07, 6.45) is 8.06. The van der Waals surface area contributed by atoms with Gasteiger partial charge in [-0.2, -0.15) is 0 Å². The number of fused-ring (bicyclic) bond motifs is 1. The molecule has 2 aliphatic rings. The molecular formula is C16H24N2O2S. The van der Waals surface area contributed by atoms with E-state index in [0.29, 0.717) is 12.6 Å². The first-order valence-electron chi connectivity index (χ1n) is 7.87. The third-order valence-electron chi connectivity index (χ3n) is 4.51. The molecule has 1 aromatic rings. The standard InChI is InChI=1S/C16H24N2O2S/c1-21(19,20)18-10-4-5-14-11-13(7-8-16(14)18)12-15-6-2-3-9-17-15/h7-8,11,15,17H,2-6,9-10,12H2,1H3. The third-order valence-corrected chi connectivity index (χ3v) is 5.69. The van der Waals surface area contributed by atoms with Crippen LogP contribution in [0.15, 0.2) is 18.2 Å². The largest absolute Gasteiger partial charge is 0.314 e. The van der Waals surface area contributed by atoms with E-state index >= 15 is 0 Å². The predicted octanol–water partition coefficient (Wildman–Crippen LogP) is 2.08. The lowest BCUT2D eigenvalue weighted by molar-refractivity contribution is 0.399. The van der Waals surface area contributed by atoms with E-state index in [1.54, 1.807) is 4.31 Å². The molecule has 1 fully saturated rings. The smallest absolute Gasteiger partial charge is 0.232 e. The summed E-state index contributed by atoms with van der Waals surface area (Å²) in [6, 6.07) is 6.88. The predicted molar refractivity (Wildman–Crippen MR) is 86.3 cm³/mol. The van der Waals surface area contributed by atoms with Gasteiger partial charge in [0.05, 0.1) is 11.9 Å². The van der Waals surface area contributed by atoms with Gasteiger partial charge in [0.15, 0.2) is 0 Å². The first kappa shape index (κ1) is 14.9. The van der Waals surface area contributed by atoms with E-state index in [1.807, 2.05) is 6.07 Å². The van der Waals surface area contributed by atoms with Crippen molar-refractivity contribution in [2.75, 3.05) is 23.7 Å². The number of nitrogens with zero attached hydrogens (tertiary/aromatic N) is 1. The van der Waals surface area contributed by atoms with Crippen molar-refractivity contribution < 1.29 is 8.42 Å². The number of piperidine rings is 1. The first-order valence-corrected chi connectivity index (χ1v) is 9.72. The van der Waals surface area contributed by atoms with Crippen molar-refractivity contribution in [3.8, 4) is 0 Å². The van der Waals surface area contributed by atoms with E-state index in [4.69, 9.17) is 0 Å². The molecule has 0 amide bonds. The molecule has 0 bridgehead atoms. The summed E-state index contributed by atoms with van der Waals surface area (Å²) in [5.74, 6) is 0. The Kier molecular flexibility index (Phi) is 4.22. The normalized spacial score (nSPS) is 22.9. The van der Waals surface area contributed by atoms with Gasteiger partial charge in [0.2, 0.25) is 10.0 Å². The SMILES string of the molecule is CS(=O)(=O)N1CCCc2cc(CC3CCCCN3)ccc21. The molecule has 2 heterocycles. The van der Waals surface area contributed by atoms with Crippen LogP contribution >= 0.6 is 0 Å². The molecule has 1 N–H and O–H groups in total. The molecule has 2 aliphatic heterocycles. The van der Waals surface area contributed by atoms with Gasteiger partial charge >= 0.3 is 0 Å². The maximum Gasteiger partial charge on any atom is 0.232 e. The minimum Gasteiger partial charge on any atom is -0.314 e. The minimum atomic E-state index is -3.16. The van der Waals surface area contributed by atoms with Crippen LogP contribution in [0.1, 0.15) is 36.8 Å². The highest BCUT2D eigenvalue weighted by Crippen LogP contribution is 2.30. The van der Waals surface area contributed by atoms with Crippen LogP contribution in [0.5, 0.6) is 0 Å². The fourth-order valence-corrected chi connectivity index (χ4v) is 4.47. The van der Waals surface area contributed by atoms with E-state index in [1.165, 1.54) is 36.6 Å². The summed E-state index contributed by atoms with van der Waals surface area (Å²) in [7, 11) is -3.16. The molecule has 3 rings (SSSR count). The Morgan fingerprint density at radius 2 is 2.14 bits per heavy atom. The first-order chi connectivity index (χ1) is 10.0. The lowest BCUT2D eigenvalue weighted by Crippen LogP contribution is -2.36. The van der Waals surface area contributed by atoms with Crippen LogP contribution in [0, 0.1) is 0 Å². The fourth-order valence-electron chi connectivity index (χ4n) is 3.47. The second kappa shape index (κ2) is 5.97. The third kappa shape index (κ3) is 3.40. The Balaban J connectivity index is 1.81. The van der Waals surface area contributed by atoms with Gasteiger partial charge in [-0.05, 0) is 55.8 Å². The van der Waals surface area contributed by atoms with E-state index < -0.39 is 10.0 Å². The quantitative estimate of drug-likeness (QED) is 0.930. The molecular weight excluding hydrogens is 284 g/mol. The van der Waals surface area contributed by atoms with Crippen LogP contribution in [-0.2, 0) is 22.9 Å². The number of benzene rings is 1. The lowest BCUT2D eigenvalue weighted by atomic mass is 9.94. The Hall–Kier alpha value is -1.07. The van der Waals surface area contributed by atoms with Crippen molar-refractivity contribution in [3.05, 3.63) is 29.3 Å². The van der Waals surface area contributed by atoms with Gasteiger partial charge in [0.1, 0.15) is 0 Å². The van der Waals surface area contributed by atoms with Crippen molar-refractivity contribution >= 4 is 15.7 Å². The molecule has 116 valence electrons. The molecule has 0 saturated carbocycles. The van der Waals surface area contributed by atoms with Crippen molar-refractivity contribution in [1.82, 2.24) is 5.32 Å². The van der Waals surface area contributed by atoms with E-state index in [-0.39, 0.29) is 0 Å². The lowest BCUT2D eigenvalue weighted by Gasteiger charge is -2.30. The number of nitrogens with one attached hydrogen (secondary N) is 1. The van der Waals surface area contributed by atoms with Crippen molar-refractivity contribution in [1.29, 1.82) is 0 Å². The number of anilines is 1. The van der Waals surface area contributed by atoms with E-state index in [0.717, 1.165) is 31.5 Å². The van der Waals surface area contributed by atoms with Gasteiger partial charge in [-0.1, -0.05) is 18.6 Å². The van der Waals surface area contributed by atoms with E-state index in [9.17, 15) is 8.42 Å². The van der Waals surface area contributed by atoms with Crippen molar-refractivity contribution in [2.45, 2.75) is 44.6 Å². The summed E-state index contributed by atoms with van der Waals surface area (Å²) in [4.78, 5) is 0. The van der Waals surface area contributed by atoms with Crippen LogP contribution in [0.4, 0.5) is 5.69 Å². The number of sulfonamides is 1. The molecule has 1 atom stereocenters. The Labute approximate surface area is 127 Å². The summed E-state index contributed by atoms with van der Waals surface area (Å²) < 4.78 is 25.3. The molecule has 4 nitrogen and oxygen atoms in total. The molecule has 0 aromatic heterocycles. The van der Waals surface area contributed by atoms with Crippen LogP contribution in [0.2, 0.25) is 0 Å². The Morgan fingerprint density at radius 3 is 2.86 bits per heavy atom. The highest BCUT2D eigenvalue weighted by Gasteiger charge is 2.24. The van der Waals surface area contributed by atoms with Gasteiger partial charge in [0, 0.05) is 12.6 Å². The van der Waals surface area contributed by atoms with Crippen LogP contribution in [0.25, 0.3) is 0 Å². The topological polar surface area (TPSA) is 49.4 Å². The maximum atomic E-state index is 11.9. The number of hydrogen-bond acceptors (Lipinski definition) is 3. The second-order valence-corrected chi connectivity index (χ2v) is 8.16. The van der Waals surface area contributed by atoms with Gasteiger partial charge < -0.3 is 5.32 Å². The van der Waals surface area contributed by atoms with Crippen molar-refractivity contribution in [2.24, 2.45) is 0 Å². The zero-order valence-corrected chi connectivity index (χ0v) is 13.5. The van der Waals surface area contributed by atoms with Crippen molar-refractivity contribution in [3.63, 3.8) is 0 Å². The molecule has 0 spiro atoms. The average Bonchev–Trinajstić information content (AvgIpc) is 2.46. The fraction of sp³-hybridized carbons (Fsp3) is 0.625. The number of hydrogen-bond donors (Lipinski definition) is 1. The van der Waals surface area contributed by atoms with Gasteiger partial charge in [-0.25, -0.2) is 8.42 Å². The zero-order valence-electron chi connectivity index (χ0n) is 12.6. The summed E-state index contributed by atoms with van der Waals surface area (Å²) in [5, 5.41) is 3.57. The second-order valence-electron chi connectivity index (χ2n) is 6.25. The molecule has 1 saturated heterocycles. The Bertz CT molecular complexity index is 607. The minimum absolute atomic E-state index is 0.575. The van der Waals surface area contributed by atoms with Crippen LogP contribution < -0.4 is 9.62 Å². The highest BCUT2D eigenvalue weighted by molar-refractivity contribution is 7.92. The molecule has 0 aliphatic carbocycles. The van der Waals surface area contributed by atoms with Gasteiger partial charge in [-0.3, -0.25) is 4.31 Å². The molecule has 21 heavy (non-hydrogen) atoms. The monoisotopic (exact) mass is 308 g/mol. The molecule has 0 radical (unpaired) electrons. The number of rotatable bonds is 3. The van der Waals surface area contributed by atoms with Gasteiger partial charge in [-0.15, -0.1) is 0 Å². The maximum absolute atomic E-state index is 11.9. The summed E-state index contributed by atoms with van der Waals surface area (Å²) in [6.45, 7) is 1.73. The van der Waals surface area contributed by atoms with E-state index in [2.05, 4.69) is 17.4 Å². The van der Waals surface area contributed by atoms with Gasteiger partial charge in [0.25, 0.3) is 0 Å². The number of aryl methyl sites for hydroxylation is 1. The average molecular weight is 308 g/mol. The summed E-state index contributed by atoms with van der Waals surface area (Å²) in [5.41, 5.74) is 3.38. The summed E-state index contributed by atoms with van der Waals surface area (Å²) >= 11 is 0. The molecule has 1 aromatic carbocycles.